The van der Waals surface area contributed by atoms with Crippen LogP contribution in [0.15, 0.2) is 23.3 Å². The molecular weight excluding hydrogens is 754 g/mol. The molecule has 6 rings (SSSR count). The van der Waals surface area contributed by atoms with Gasteiger partial charge >= 0.3 is 5.97 Å². The Morgan fingerprint density at radius 1 is 0.914 bits per heavy atom. The van der Waals surface area contributed by atoms with E-state index in [1.54, 1.807) is 20.8 Å². The van der Waals surface area contributed by atoms with E-state index in [0.717, 1.165) is 5.57 Å². The largest absolute Gasteiger partial charge is 0.456 e. The number of ether oxygens (including phenoxy) is 6. The van der Waals surface area contributed by atoms with E-state index in [1.807, 2.05) is 19.1 Å². The minimum absolute atomic E-state index is 0.0270. The van der Waals surface area contributed by atoms with Gasteiger partial charge in [0.2, 0.25) is 5.79 Å². The molecule has 1 aliphatic carbocycles. The molecule has 1 amide bonds. The highest BCUT2D eigenvalue weighted by molar-refractivity contribution is 6.39. The number of carbonyl (C=O) groups excluding carboxylic acids is 3. The van der Waals surface area contributed by atoms with Crippen LogP contribution in [-0.4, -0.2) is 149 Å². The molecule has 58 heavy (non-hydrogen) atoms. The highest BCUT2D eigenvalue weighted by Crippen LogP contribution is 2.43. The van der Waals surface area contributed by atoms with Crippen molar-refractivity contribution in [2.75, 3.05) is 34.0 Å². The van der Waals surface area contributed by atoms with Crippen LogP contribution in [0.4, 0.5) is 0 Å². The number of carbonyl (C=O) groups is 3. The fourth-order valence-electron chi connectivity index (χ4n) is 10.3. The first-order valence-corrected chi connectivity index (χ1v) is 21.4. The van der Waals surface area contributed by atoms with Crippen molar-refractivity contribution >= 4 is 17.7 Å². The maximum absolute atomic E-state index is 14.4. The summed E-state index contributed by atoms with van der Waals surface area (Å²) in [6.07, 6.45) is 1.49. The van der Waals surface area contributed by atoms with Crippen molar-refractivity contribution in [1.29, 1.82) is 0 Å². The predicted octanol–water partition coefficient (Wildman–Crippen LogP) is 2.33. The highest BCUT2D eigenvalue weighted by Gasteiger charge is 2.57. The van der Waals surface area contributed by atoms with Crippen LogP contribution in [0.1, 0.15) is 98.3 Å². The van der Waals surface area contributed by atoms with Gasteiger partial charge in [-0.05, 0) is 94.1 Å². The van der Waals surface area contributed by atoms with Gasteiger partial charge in [-0.1, -0.05) is 32.9 Å². The number of methoxy groups -OCH3 is 2. The number of fused-ring (bicyclic) bond motifs is 3. The zero-order valence-electron chi connectivity index (χ0n) is 35.0. The van der Waals surface area contributed by atoms with Crippen molar-refractivity contribution in [1.82, 2.24) is 4.90 Å². The minimum atomic E-state index is -2.53. The summed E-state index contributed by atoms with van der Waals surface area (Å²) in [6, 6.07) is -1.17. The fourth-order valence-corrected chi connectivity index (χ4v) is 10.3. The number of Topliss-reactive ketones (excluding diaryl/α,β-unsaturated/α-hetero) is 1. The molecule has 0 aromatic rings. The smallest absolute Gasteiger partial charge is 0.329 e. The molecule has 5 N–H and O–H groups in total. The van der Waals surface area contributed by atoms with E-state index in [4.69, 9.17) is 28.4 Å². The van der Waals surface area contributed by atoms with Crippen LogP contribution in [0.25, 0.3) is 0 Å². The molecule has 15 heteroatoms. The van der Waals surface area contributed by atoms with Gasteiger partial charge in [-0.25, -0.2) is 4.79 Å². The highest BCUT2D eigenvalue weighted by atomic mass is 16.7. The van der Waals surface area contributed by atoms with Gasteiger partial charge in [0.15, 0.2) is 5.79 Å². The number of hydrogen-bond donors (Lipinski definition) is 5. The van der Waals surface area contributed by atoms with Crippen LogP contribution in [0.2, 0.25) is 0 Å². The van der Waals surface area contributed by atoms with Crippen LogP contribution < -0.4 is 0 Å². The van der Waals surface area contributed by atoms with Crippen molar-refractivity contribution in [2.45, 2.75) is 165 Å². The van der Waals surface area contributed by atoms with Gasteiger partial charge in [-0.3, -0.25) is 9.59 Å². The molecule has 16 atom stereocenters. The van der Waals surface area contributed by atoms with E-state index in [2.05, 4.69) is 0 Å². The molecule has 0 radical (unpaired) electrons. The maximum Gasteiger partial charge on any atom is 0.329 e. The lowest BCUT2D eigenvalue weighted by atomic mass is 9.78. The lowest BCUT2D eigenvalue weighted by Gasteiger charge is -2.47. The lowest BCUT2D eigenvalue weighted by molar-refractivity contribution is -0.302. The first kappa shape index (κ1) is 45.2. The molecule has 0 spiro atoms. The maximum atomic E-state index is 14.4. The van der Waals surface area contributed by atoms with Crippen molar-refractivity contribution in [3.63, 3.8) is 0 Å². The summed E-state index contributed by atoms with van der Waals surface area (Å²) in [5.41, 5.74) is 1.52. The number of allylic oxidation sites excluding steroid dienone is 1. The number of nitrogens with zero attached hydrogens (tertiary/aromatic N) is 1. The number of cyclic esters (lactones) is 1. The average Bonchev–Trinajstić information content (AvgIpc) is 3.20. The molecule has 2 unspecified atom stereocenters. The molecule has 0 aromatic heterocycles. The van der Waals surface area contributed by atoms with Crippen molar-refractivity contribution in [2.24, 2.45) is 29.6 Å². The summed E-state index contributed by atoms with van der Waals surface area (Å²) in [4.78, 5) is 44.0. The average molecular weight is 822 g/mol. The quantitative estimate of drug-likeness (QED) is 0.157. The Morgan fingerprint density at radius 2 is 1.64 bits per heavy atom. The minimum Gasteiger partial charge on any atom is -0.456 e. The van der Waals surface area contributed by atoms with Crippen LogP contribution in [0.3, 0.4) is 0 Å². The Bertz CT molecular complexity index is 1540. The van der Waals surface area contributed by atoms with E-state index in [0.29, 0.717) is 63.5 Å². The Hall–Kier alpha value is -2.31. The van der Waals surface area contributed by atoms with Gasteiger partial charge in [0.05, 0.1) is 55.8 Å². The number of esters is 1. The van der Waals surface area contributed by atoms with E-state index >= 15 is 0 Å². The molecule has 1 saturated carbocycles. The summed E-state index contributed by atoms with van der Waals surface area (Å²) in [5, 5.41) is 56.8. The van der Waals surface area contributed by atoms with Gasteiger partial charge in [-0.15, -0.1) is 0 Å². The first-order chi connectivity index (χ1) is 27.5. The molecule has 0 aromatic carbocycles. The van der Waals surface area contributed by atoms with Crippen LogP contribution >= 0.6 is 0 Å². The first-order valence-electron chi connectivity index (χ1n) is 21.4. The molecule has 328 valence electrons. The second-order valence-electron chi connectivity index (χ2n) is 18.1. The number of piperidine rings is 1. The normalized spacial score (nSPS) is 45.4. The Kier molecular flexibility index (Phi) is 14.6. The Labute approximate surface area is 342 Å². The zero-order chi connectivity index (χ0) is 42.1. The SMILES string of the molecule is CO[C@H]1C[C@@H](C)CC2=C[C@@H]3C(CCOC3(O)C[C@H](O)[C@@H](C)[C@@H](/C(C)=C/[C@@H]3CC[C@@H](O)[C@H](O)C3)OC(=O)[C@@H]3CCCCN3C(=O)C(=O)[C@]3(O)O[C@H]1[C@@H](OC)C[C@H]3C)OC2. The van der Waals surface area contributed by atoms with Gasteiger partial charge in [0.1, 0.15) is 18.2 Å². The molecule has 5 aliphatic heterocycles. The summed E-state index contributed by atoms with van der Waals surface area (Å²) in [6.45, 7) is 7.79. The number of ketones is 1. The number of amides is 1. The third-order valence-corrected chi connectivity index (χ3v) is 13.9. The van der Waals surface area contributed by atoms with Gasteiger partial charge in [0.25, 0.3) is 11.7 Å². The number of rotatable bonds is 4. The summed E-state index contributed by atoms with van der Waals surface area (Å²) < 4.78 is 36.7. The van der Waals surface area contributed by atoms with Crippen molar-refractivity contribution < 1.29 is 68.3 Å². The molecule has 15 nitrogen and oxygen atoms in total. The lowest BCUT2D eigenvalue weighted by Crippen LogP contribution is -2.64. The molecule has 4 bridgehead atoms. The van der Waals surface area contributed by atoms with Crippen LogP contribution in [0, 0.1) is 29.6 Å². The molecule has 3 saturated heterocycles. The zero-order valence-corrected chi connectivity index (χ0v) is 35.0. The Morgan fingerprint density at radius 3 is 2.34 bits per heavy atom. The molecular formula is C43H67NO14. The van der Waals surface area contributed by atoms with Gasteiger partial charge in [-0.2, -0.15) is 0 Å². The monoisotopic (exact) mass is 821 g/mol. The topological polar surface area (TPSA) is 211 Å². The predicted molar refractivity (Wildman–Crippen MR) is 208 cm³/mol. The third kappa shape index (κ3) is 9.44. The van der Waals surface area contributed by atoms with E-state index in [-0.39, 0.29) is 50.4 Å². The summed E-state index contributed by atoms with van der Waals surface area (Å²) >= 11 is 0. The summed E-state index contributed by atoms with van der Waals surface area (Å²) in [5.74, 6) is -9.75. The van der Waals surface area contributed by atoms with Gasteiger partial charge < -0.3 is 58.9 Å². The van der Waals surface area contributed by atoms with Crippen LogP contribution in [-0.2, 0) is 42.8 Å². The molecule has 4 fully saturated rings. The van der Waals surface area contributed by atoms with Crippen molar-refractivity contribution in [3.8, 4) is 0 Å². The van der Waals surface area contributed by atoms with Gasteiger partial charge in [0, 0.05) is 39.0 Å². The van der Waals surface area contributed by atoms with Crippen molar-refractivity contribution in [3.05, 3.63) is 23.3 Å². The third-order valence-electron chi connectivity index (χ3n) is 13.9. The number of hydrogen-bond acceptors (Lipinski definition) is 14. The Balaban J connectivity index is 1.39. The standard InChI is InChI=1S/C43H67NO14/c1-23-15-28-19-29-34(55-22-28)12-14-56-42(29,51)21-33(47)26(4)37(24(2)17-27-10-11-31(45)32(46)20-27)57-41(50)30-9-7-8-13-44(30)40(49)39(48)43(52)25(3)18-36(54-6)38(58-43)35(16-23)53-5/h17,19,23,25-27,29-38,45-47,51-52H,7-16,18,20-22H2,1-6H3/b24-17+/t23-,25+,26+,27-,29+,30-,31+,32+,33-,34?,35-,36-,37+,38+,42?,43+/m0/s1. The van der Waals surface area contributed by atoms with Crippen LogP contribution in [0.5, 0.6) is 0 Å². The molecule has 5 heterocycles. The number of aliphatic hydroxyl groups is 5. The number of aliphatic hydroxyl groups excluding tert-OH is 3. The molecule has 6 aliphatic rings. The fraction of sp³-hybridized carbons (Fsp3) is 0.837. The van der Waals surface area contributed by atoms with E-state index < -0.39 is 95.8 Å². The van der Waals surface area contributed by atoms with E-state index in [1.165, 1.54) is 19.1 Å². The second-order valence-corrected chi connectivity index (χ2v) is 18.1. The second kappa shape index (κ2) is 18.8. The summed E-state index contributed by atoms with van der Waals surface area (Å²) in [7, 11) is 3.05. The van der Waals surface area contributed by atoms with E-state index in [9.17, 15) is 39.9 Å².